The zero-order valence-electron chi connectivity index (χ0n) is 20.0. The Kier molecular flexibility index (Phi) is 8.08. The number of benzene rings is 1. The van der Waals surface area contributed by atoms with Crippen molar-refractivity contribution in [1.82, 2.24) is 15.1 Å². The van der Waals surface area contributed by atoms with Gasteiger partial charge in [-0.2, -0.15) is 0 Å². The Bertz CT molecular complexity index is 752. The van der Waals surface area contributed by atoms with Crippen LogP contribution in [0.3, 0.4) is 0 Å². The number of nitrogens with zero attached hydrogens (tertiary/aromatic N) is 2. The standard InChI is InChI=1S/C26H41N3O3/c1-3-14-32-24-7-5-6-21(17-24)19-27-25(30)26-10-8-23(29-12-15-31-16-13-29)18-22(26)9-11-28(4-2)20-26/h5-7,17,22-23H,3-4,8-16,18-20H2,1-2H3,(H,27,30)/t22-,23+,26-/m1/s1. The van der Waals surface area contributed by atoms with Gasteiger partial charge < -0.3 is 19.7 Å². The predicted molar refractivity (Wildman–Crippen MR) is 127 cm³/mol. The van der Waals surface area contributed by atoms with Gasteiger partial charge in [0.15, 0.2) is 0 Å². The van der Waals surface area contributed by atoms with E-state index in [4.69, 9.17) is 9.47 Å². The Morgan fingerprint density at radius 3 is 2.84 bits per heavy atom. The van der Waals surface area contributed by atoms with Gasteiger partial charge in [0.25, 0.3) is 0 Å². The number of morpholine rings is 1. The fourth-order valence-electron chi connectivity index (χ4n) is 5.96. The zero-order valence-corrected chi connectivity index (χ0v) is 20.0. The number of carbonyl (C=O) groups is 1. The molecule has 2 heterocycles. The fraction of sp³-hybridized carbons (Fsp3) is 0.731. The van der Waals surface area contributed by atoms with Crippen molar-refractivity contribution in [1.29, 1.82) is 0 Å². The van der Waals surface area contributed by atoms with Crippen molar-refractivity contribution < 1.29 is 14.3 Å². The summed E-state index contributed by atoms with van der Waals surface area (Å²) < 4.78 is 11.3. The quantitative estimate of drug-likeness (QED) is 0.668. The lowest BCUT2D eigenvalue weighted by molar-refractivity contribution is -0.145. The summed E-state index contributed by atoms with van der Waals surface area (Å²) in [6.45, 7) is 12.4. The lowest BCUT2D eigenvalue weighted by atomic mass is 9.61. The van der Waals surface area contributed by atoms with E-state index in [9.17, 15) is 4.79 Å². The maximum absolute atomic E-state index is 13.7. The van der Waals surface area contributed by atoms with E-state index in [1.807, 2.05) is 12.1 Å². The summed E-state index contributed by atoms with van der Waals surface area (Å²) in [4.78, 5) is 18.8. The summed E-state index contributed by atoms with van der Waals surface area (Å²) in [6, 6.07) is 8.73. The second-order valence-electron chi connectivity index (χ2n) is 9.77. The lowest BCUT2D eigenvalue weighted by Gasteiger charge is -2.53. The van der Waals surface area contributed by atoms with E-state index >= 15 is 0 Å². The van der Waals surface area contributed by atoms with Gasteiger partial charge in [0.05, 0.1) is 25.2 Å². The van der Waals surface area contributed by atoms with Crippen molar-refractivity contribution in [3.05, 3.63) is 29.8 Å². The van der Waals surface area contributed by atoms with Crippen LogP contribution in [0.1, 0.15) is 51.5 Å². The molecule has 0 aromatic heterocycles. The van der Waals surface area contributed by atoms with E-state index in [1.165, 1.54) is 0 Å². The lowest BCUT2D eigenvalue weighted by Crippen LogP contribution is -2.60. The highest BCUT2D eigenvalue weighted by molar-refractivity contribution is 5.83. The zero-order chi connectivity index (χ0) is 22.4. The van der Waals surface area contributed by atoms with E-state index in [-0.39, 0.29) is 11.3 Å². The highest BCUT2D eigenvalue weighted by atomic mass is 16.5. The third-order valence-corrected chi connectivity index (χ3v) is 7.85. The molecule has 1 N–H and O–H groups in total. The summed E-state index contributed by atoms with van der Waals surface area (Å²) in [7, 11) is 0. The third kappa shape index (κ3) is 5.29. The van der Waals surface area contributed by atoms with Gasteiger partial charge in [-0.15, -0.1) is 0 Å². The second-order valence-corrected chi connectivity index (χ2v) is 9.77. The van der Waals surface area contributed by atoms with E-state index in [0.717, 1.165) is 96.0 Å². The van der Waals surface area contributed by atoms with Gasteiger partial charge in [-0.25, -0.2) is 0 Å². The van der Waals surface area contributed by atoms with Crippen LogP contribution in [0.4, 0.5) is 0 Å². The van der Waals surface area contributed by atoms with Gasteiger partial charge in [-0.1, -0.05) is 26.0 Å². The highest BCUT2D eigenvalue weighted by Gasteiger charge is 2.52. The summed E-state index contributed by atoms with van der Waals surface area (Å²) in [5.74, 6) is 1.60. The van der Waals surface area contributed by atoms with Gasteiger partial charge in [0.1, 0.15) is 5.75 Å². The SMILES string of the molecule is CCCOc1cccc(CNC(=O)[C@@]23CC[C@H](N4CCOCC4)C[C@H]2CCN(CC)C3)c1. The molecule has 1 saturated carbocycles. The number of carbonyl (C=O) groups excluding carboxylic acids is 1. The van der Waals surface area contributed by atoms with Crippen molar-refractivity contribution in [3.63, 3.8) is 0 Å². The fourth-order valence-corrected chi connectivity index (χ4v) is 5.96. The minimum absolute atomic E-state index is 0.251. The molecule has 3 atom stereocenters. The van der Waals surface area contributed by atoms with Gasteiger partial charge in [0, 0.05) is 32.2 Å². The minimum Gasteiger partial charge on any atom is -0.494 e. The molecule has 0 bridgehead atoms. The molecule has 6 nitrogen and oxygen atoms in total. The van der Waals surface area contributed by atoms with Crippen LogP contribution in [-0.2, 0) is 16.1 Å². The Labute approximate surface area is 193 Å². The average molecular weight is 444 g/mol. The van der Waals surface area contributed by atoms with Crippen LogP contribution in [0.5, 0.6) is 5.75 Å². The molecule has 32 heavy (non-hydrogen) atoms. The molecule has 0 spiro atoms. The van der Waals surface area contributed by atoms with Crippen molar-refractivity contribution in [2.24, 2.45) is 11.3 Å². The molecular formula is C26H41N3O3. The first-order valence-electron chi connectivity index (χ1n) is 12.7. The number of piperidine rings is 1. The van der Waals surface area contributed by atoms with E-state index in [2.05, 4.69) is 41.1 Å². The number of likely N-dealkylation sites (tertiary alicyclic amines) is 1. The van der Waals surface area contributed by atoms with Crippen molar-refractivity contribution in [2.75, 3.05) is 52.5 Å². The smallest absolute Gasteiger partial charge is 0.228 e. The Morgan fingerprint density at radius 2 is 2.06 bits per heavy atom. The molecule has 2 aliphatic heterocycles. The molecule has 1 aromatic carbocycles. The van der Waals surface area contributed by atoms with Crippen LogP contribution >= 0.6 is 0 Å². The Hall–Kier alpha value is -1.63. The number of hydrogen-bond acceptors (Lipinski definition) is 5. The van der Waals surface area contributed by atoms with Crippen LogP contribution in [0.15, 0.2) is 24.3 Å². The van der Waals surface area contributed by atoms with Crippen LogP contribution in [0, 0.1) is 11.3 Å². The first-order chi connectivity index (χ1) is 15.6. The predicted octanol–water partition coefficient (Wildman–Crippen LogP) is 3.30. The first kappa shape index (κ1) is 23.5. The summed E-state index contributed by atoms with van der Waals surface area (Å²) >= 11 is 0. The number of hydrogen-bond donors (Lipinski definition) is 1. The Morgan fingerprint density at radius 1 is 1.22 bits per heavy atom. The molecule has 6 heteroatoms. The van der Waals surface area contributed by atoms with Gasteiger partial charge in [-0.3, -0.25) is 9.69 Å². The number of rotatable bonds is 8. The molecule has 3 aliphatic rings. The van der Waals surface area contributed by atoms with Gasteiger partial charge in [-0.05, 0) is 68.8 Å². The summed E-state index contributed by atoms with van der Waals surface area (Å²) in [5, 5.41) is 3.33. The summed E-state index contributed by atoms with van der Waals surface area (Å²) in [6.07, 6.45) is 5.36. The van der Waals surface area contributed by atoms with Crippen molar-refractivity contribution in [2.45, 2.75) is 58.5 Å². The van der Waals surface area contributed by atoms with Crippen LogP contribution in [0.25, 0.3) is 0 Å². The largest absolute Gasteiger partial charge is 0.494 e. The minimum atomic E-state index is -0.257. The van der Waals surface area contributed by atoms with E-state index < -0.39 is 0 Å². The maximum atomic E-state index is 13.7. The average Bonchev–Trinajstić information content (AvgIpc) is 2.86. The number of nitrogens with one attached hydrogen (secondary N) is 1. The van der Waals surface area contributed by atoms with Crippen molar-refractivity contribution >= 4 is 5.91 Å². The number of ether oxygens (including phenoxy) is 2. The molecule has 3 fully saturated rings. The van der Waals surface area contributed by atoms with E-state index in [1.54, 1.807) is 0 Å². The number of fused-ring (bicyclic) bond motifs is 1. The van der Waals surface area contributed by atoms with Gasteiger partial charge in [0.2, 0.25) is 5.91 Å². The van der Waals surface area contributed by atoms with Crippen LogP contribution in [-0.4, -0.2) is 74.3 Å². The monoisotopic (exact) mass is 443 g/mol. The second kappa shape index (κ2) is 11.0. The summed E-state index contributed by atoms with van der Waals surface area (Å²) in [5.41, 5.74) is 0.845. The maximum Gasteiger partial charge on any atom is 0.228 e. The normalized spacial score (nSPS) is 29.3. The molecule has 2 saturated heterocycles. The topological polar surface area (TPSA) is 54.0 Å². The molecule has 4 rings (SSSR count). The number of amides is 1. The molecule has 178 valence electrons. The molecular weight excluding hydrogens is 402 g/mol. The molecule has 1 aromatic rings. The molecule has 1 aliphatic carbocycles. The highest BCUT2D eigenvalue weighted by Crippen LogP contribution is 2.48. The van der Waals surface area contributed by atoms with Crippen LogP contribution < -0.4 is 10.1 Å². The molecule has 1 amide bonds. The van der Waals surface area contributed by atoms with Gasteiger partial charge >= 0.3 is 0 Å². The van der Waals surface area contributed by atoms with Crippen LogP contribution in [0.2, 0.25) is 0 Å². The Balaban J connectivity index is 1.43. The van der Waals surface area contributed by atoms with Crippen molar-refractivity contribution in [3.8, 4) is 5.75 Å². The molecule has 0 unspecified atom stereocenters. The third-order valence-electron chi connectivity index (χ3n) is 7.85. The molecule has 0 radical (unpaired) electrons. The first-order valence-corrected chi connectivity index (χ1v) is 12.7. The van der Waals surface area contributed by atoms with E-state index in [0.29, 0.717) is 18.5 Å².